The number of ether oxygens (including phenoxy) is 2. The zero-order chi connectivity index (χ0) is 20.3. The number of alkyl carbamates (subject to hydrolysis) is 1. The second kappa shape index (κ2) is 10.7. The number of hydrogen-bond acceptors (Lipinski definition) is 6. The number of nitrogens with one attached hydrogen (secondary N) is 2. The van der Waals surface area contributed by atoms with Crippen molar-refractivity contribution in [3.8, 4) is 11.9 Å². The SMILES string of the molecule is CC(C)(C)OC(=O)N[C@@H](CCCN=C(NC#N)Oc1ccccc1)C(=O)O. The third-order valence-electron chi connectivity index (χ3n) is 3.02. The molecule has 0 aliphatic heterocycles. The summed E-state index contributed by atoms with van der Waals surface area (Å²) in [6.45, 7) is 5.27. The van der Waals surface area contributed by atoms with E-state index >= 15 is 0 Å². The molecule has 1 atom stereocenters. The summed E-state index contributed by atoms with van der Waals surface area (Å²) in [6, 6.07) is 7.70. The Balaban J connectivity index is 2.55. The Hall–Kier alpha value is -3.28. The molecule has 1 rings (SSSR count). The Kier molecular flexibility index (Phi) is 8.59. The summed E-state index contributed by atoms with van der Waals surface area (Å²) >= 11 is 0. The summed E-state index contributed by atoms with van der Waals surface area (Å²) in [6.07, 6.45) is 1.43. The number of para-hydroxylation sites is 1. The van der Waals surface area contributed by atoms with Crippen molar-refractivity contribution in [2.24, 2.45) is 4.99 Å². The van der Waals surface area contributed by atoms with Crippen molar-refractivity contribution < 1.29 is 24.2 Å². The lowest BCUT2D eigenvalue weighted by molar-refractivity contribution is -0.139. The van der Waals surface area contributed by atoms with Gasteiger partial charge >= 0.3 is 18.1 Å². The molecule has 27 heavy (non-hydrogen) atoms. The van der Waals surface area contributed by atoms with Gasteiger partial charge in [0.1, 0.15) is 17.4 Å². The summed E-state index contributed by atoms with van der Waals surface area (Å²) < 4.78 is 10.5. The summed E-state index contributed by atoms with van der Waals surface area (Å²) in [5.74, 6) is -0.658. The van der Waals surface area contributed by atoms with Crippen molar-refractivity contribution in [3.05, 3.63) is 30.3 Å². The second-order valence-corrected chi connectivity index (χ2v) is 6.52. The smallest absolute Gasteiger partial charge is 0.408 e. The summed E-state index contributed by atoms with van der Waals surface area (Å²) in [5.41, 5.74) is -0.718. The average Bonchev–Trinajstić information content (AvgIpc) is 2.56. The Labute approximate surface area is 158 Å². The van der Waals surface area contributed by atoms with E-state index in [1.165, 1.54) is 0 Å². The van der Waals surface area contributed by atoms with E-state index < -0.39 is 23.7 Å². The number of nitrogens with zero attached hydrogens (tertiary/aromatic N) is 2. The van der Waals surface area contributed by atoms with Gasteiger partial charge in [-0.25, -0.2) is 19.9 Å². The molecule has 0 saturated carbocycles. The molecule has 0 radical (unpaired) electrons. The van der Waals surface area contributed by atoms with E-state index in [4.69, 9.17) is 14.7 Å². The molecule has 3 N–H and O–H groups in total. The largest absolute Gasteiger partial charge is 0.480 e. The van der Waals surface area contributed by atoms with Gasteiger partial charge in [0.15, 0.2) is 6.19 Å². The molecule has 0 heterocycles. The number of carboxylic acid groups (broad SMARTS) is 1. The number of amidine groups is 1. The molecule has 0 aliphatic carbocycles. The van der Waals surface area contributed by atoms with Gasteiger partial charge in [0.25, 0.3) is 0 Å². The minimum Gasteiger partial charge on any atom is -0.480 e. The molecule has 0 bridgehead atoms. The number of aliphatic imine (C=N–C) groups is 1. The number of carbonyl (C=O) groups is 2. The van der Waals surface area contributed by atoms with Crippen LogP contribution in [0.4, 0.5) is 4.79 Å². The highest BCUT2D eigenvalue weighted by atomic mass is 16.6. The molecular formula is C18H24N4O5. The van der Waals surface area contributed by atoms with Crippen LogP contribution in [0.3, 0.4) is 0 Å². The fourth-order valence-electron chi connectivity index (χ4n) is 1.93. The van der Waals surface area contributed by atoms with Crippen LogP contribution >= 0.6 is 0 Å². The maximum atomic E-state index is 11.7. The average molecular weight is 376 g/mol. The van der Waals surface area contributed by atoms with Gasteiger partial charge in [-0.2, -0.15) is 5.26 Å². The number of carboxylic acids is 1. The van der Waals surface area contributed by atoms with Crippen molar-refractivity contribution >= 4 is 18.1 Å². The lowest BCUT2D eigenvalue weighted by atomic mass is 10.1. The Morgan fingerprint density at radius 2 is 1.96 bits per heavy atom. The summed E-state index contributed by atoms with van der Waals surface area (Å²) in [7, 11) is 0. The maximum absolute atomic E-state index is 11.7. The van der Waals surface area contributed by atoms with Crippen LogP contribution in [-0.2, 0) is 9.53 Å². The van der Waals surface area contributed by atoms with Gasteiger partial charge in [0.2, 0.25) is 0 Å². The predicted octanol–water partition coefficient (Wildman–Crippen LogP) is 2.25. The van der Waals surface area contributed by atoms with Gasteiger partial charge in [-0.15, -0.1) is 0 Å². The minimum atomic E-state index is -1.17. The van der Waals surface area contributed by atoms with Crippen LogP contribution in [0.2, 0.25) is 0 Å². The predicted molar refractivity (Wildman–Crippen MR) is 98.1 cm³/mol. The lowest BCUT2D eigenvalue weighted by Crippen LogP contribution is -2.43. The number of amides is 1. The number of carbonyl (C=O) groups excluding carboxylic acids is 1. The first-order chi connectivity index (χ1) is 12.7. The molecule has 1 aromatic rings. The molecule has 9 heteroatoms. The molecule has 0 spiro atoms. The quantitative estimate of drug-likeness (QED) is 0.218. The number of nitriles is 1. The molecule has 0 aliphatic rings. The highest BCUT2D eigenvalue weighted by Gasteiger charge is 2.23. The Morgan fingerprint density at radius 3 is 2.52 bits per heavy atom. The van der Waals surface area contributed by atoms with Crippen molar-refractivity contribution in [2.45, 2.75) is 45.3 Å². The first kappa shape index (κ1) is 21.8. The van der Waals surface area contributed by atoms with Crippen LogP contribution < -0.4 is 15.4 Å². The monoisotopic (exact) mass is 376 g/mol. The third-order valence-corrected chi connectivity index (χ3v) is 3.02. The number of benzene rings is 1. The molecule has 1 amide bonds. The highest BCUT2D eigenvalue weighted by molar-refractivity contribution is 5.80. The van der Waals surface area contributed by atoms with Crippen LogP contribution in [0.5, 0.6) is 5.75 Å². The highest BCUT2D eigenvalue weighted by Crippen LogP contribution is 2.09. The van der Waals surface area contributed by atoms with E-state index in [2.05, 4.69) is 15.6 Å². The first-order valence-electron chi connectivity index (χ1n) is 8.36. The van der Waals surface area contributed by atoms with Crippen LogP contribution in [-0.4, -0.2) is 41.4 Å². The minimum absolute atomic E-state index is 0.00989. The molecule has 0 aromatic heterocycles. The number of hydrogen-bond donors (Lipinski definition) is 3. The van der Waals surface area contributed by atoms with E-state index in [1.807, 2.05) is 6.07 Å². The molecule has 0 fully saturated rings. The summed E-state index contributed by atoms with van der Waals surface area (Å²) in [4.78, 5) is 27.1. The van der Waals surface area contributed by atoms with Crippen LogP contribution in [0, 0.1) is 11.5 Å². The molecular weight excluding hydrogens is 352 g/mol. The van der Waals surface area contributed by atoms with Crippen LogP contribution in [0.25, 0.3) is 0 Å². The number of aliphatic carboxylic acids is 1. The van der Waals surface area contributed by atoms with E-state index in [1.54, 1.807) is 51.2 Å². The van der Waals surface area contributed by atoms with Crippen molar-refractivity contribution in [2.75, 3.05) is 6.54 Å². The van der Waals surface area contributed by atoms with E-state index in [9.17, 15) is 14.7 Å². The van der Waals surface area contributed by atoms with Crippen LogP contribution in [0.15, 0.2) is 35.3 Å². The normalized spacial score (nSPS) is 12.4. The zero-order valence-electron chi connectivity index (χ0n) is 15.6. The molecule has 9 nitrogen and oxygen atoms in total. The van der Waals surface area contributed by atoms with Crippen LogP contribution in [0.1, 0.15) is 33.6 Å². The molecule has 146 valence electrons. The third kappa shape index (κ3) is 9.69. The zero-order valence-corrected chi connectivity index (χ0v) is 15.6. The topological polar surface area (TPSA) is 133 Å². The van der Waals surface area contributed by atoms with Gasteiger partial charge in [-0.3, -0.25) is 0 Å². The Bertz CT molecular complexity index is 692. The van der Waals surface area contributed by atoms with Gasteiger partial charge in [-0.05, 0) is 45.7 Å². The van der Waals surface area contributed by atoms with Crippen molar-refractivity contribution in [1.82, 2.24) is 10.6 Å². The second-order valence-electron chi connectivity index (χ2n) is 6.52. The fourth-order valence-corrected chi connectivity index (χ4v) is 1.93. The molecule has 1 aromatic carbocycles. The maximum Gasteiger partial charge on any atom is 0.408 e. The van der Waals surface area contributed by atoms with Crippen molar-refractivity contribution in [3.63, 3.8) is 0 Å². The van der Waals surface area contributed by atoms with Gasteiger partial charge < -0.3 is 19.9 Å². The molecule has 0 saturated heterocycles. The van der Waals surface area contributed by atoms with E-state index in [0.717, 1.165) is 0 Å². The Morgan fingerprint density at radius 1 is 1.30 bits per heavy atom. The standard InChI is InChI=1S/C18H24N4O5/c1-18(2,3)27-17(25)22-14(15(23)24)10-7-11-20-16(21-12-19)26-13-8-5-4-6-9-13/h4-6,8-9,14H,7,10-11H2,1-3H3,(H,20,21)(H,22,25)(H,23,24)/t14-/m0/s1. The molecule has 0 unspecified atom stereocenters. The summed E-state index contributed by atoms with van der Waals surface area (Å²) in [5, 5.41) is 22.6. The lowest BCUT2D eigenvalue weighted by Gasteiger charge is -2.21. The van der Waals surface area contributed by atoms with Gasteiger partial charge in [0.05, 0.1) is 0 Å². The van der Waals surface area contributed by atoms with Gasteiger partial charge in [0, 0.05) is 6.54 Å². The van der Waals surface area contributed by atoms with Gasteiger partial charge in [-0.1, -0.05) is 18.2 Å². The fraction of sp³-hybridized carbons (Fsp3) is 0.444. The van der Waals surface area contributed by atoms with E-state index in [0.29, 0.717) is 12.2 Å². The van der Waals surface area contributed by atoms with Crippen molar-refractivity contribution in [1.29, 1.82) is 5.26 Å². The van der Waals surface area contributed by atoms with E-state index in [-0.39, 0.29) is 19.0 Å². The number of rotatable bonds is 7. The first-order valence-corrected chi connectivity index (χ1v) is 8.36.